The number of nitro benzene ring substituents is 1. The molecule has 8 heteroatoms. The van der Waals surface area contributed by atoms with Gasteiger partial charge in [-0.25, -0.2) is 0 Å². The Bertz CT molecular complexity index is 421. The SMILES string of the molecule is NNc1ccc(CN(CCO)CCO)cc1[N+](=O)[O-]. The fourth-order valence-electron chi connectivity index (χ4n) is 1.76. The van der Waals surface area contributed by atoms with Crippen LogP contribution in [0.25, 0.3) is 0 Å². The van der Waals surface area contributed by atoms with Crippen LogP contribution in [0.2, 0.25) is 0 Å². The summed E-state index contributed by atoms with van der Waals surface area (Å²) in [5.74, 6) is 5.20. The molecule has 0 saturated carbocycles. The minimum absolute atomic E-state index is 0.0372. The third-order valence-electron chi connectivity index (χ3n) is 2.65. The summed E-state index contributed by atoms with van der Waals surface area (Å²) in [4.78, 5) is 12.2. The molecular formula is C11H18N4O4. The summed E-state index contributed by atoms with van der Waals surface area (Å²) in [6.07, 6.45) is 0. The van der Waals surface area contributed by atoms with Crippen molar-refractivity contribution in [1.29, 1.82) is 0 Å². The summed E-state index contributed by atoms with van der Waals surface area (Å²) in [6.45, 7) is 1.12. The van der Waals surface area contributed by atoms with Crippen LogP contribution in [-0.2, 0) is 6.54 Å². The van der Waals surface area contributed by atoms with Crippen LogP contribution in [-0.4, -0.2) is 46.3 Å². The monoisotopic (exact) mass is 270 g/mol. The number of nitrogens with one attached hydrogen (secondary N) is 1. The van der Waals surface area contributed by atoms with Crippen molar-refractivity contribution in [2.75, 3.05) is 31.7 Å². The summed E-state index contributed by atoms with van der Waals surface area (Å²) in [5.41, 5.74) is 3.12. The van der Waals surface area contributed by atoms with Crippen LogP contribution in [0.4, 0.5) is 11.4 Å². The number of nitrogens with two attached hydrogens (primary N) is 1. The van der Waals surface area contributed by atoms with Crippen molar-refractivity contribution in [3.63, 3.8) is 0 Å². The smallest absolute Gasteiger partial charge is 0.293 e. The van der Waals surface area contributed by atoms with Gasteiger partial charge in [0.05, 0.1) is 18.1 Å². The number of hydrazine groups is 1. The highest BCUT2D eigenvalue weighted by atomic mass is 16.6. The molecule has 106 valence electrons. The van der Waals surface area contributed by atoms with Gasteiger partial charge in [-0.05, 0) is 11.6 Å². The number of hydrogen-bond donors (Lipinski definition) is 4. The first-order valence-corrected chi connectivity index (χ1v) is 5.80. The van der Waals surface area contributed by atoms with Gasteiger partial charge in [0.2, 0.25) is 0 Å². The lowest BCUT2D eigenvalue weighted by Crippen LogP contribution is -2.29. The van der Waals surface area contributed by atoms with Gasteiger partial charge < -0.3 is 15.6 Å². The quantitative estimate of drug-likeness (QED) is 0.289. The molecule has 0 spiro atoms. The lowest BCUT2D eigenvalue weighted by molar-refractivity contribution is -0.384. The van der Waals surface area contributed by atoms with Crippen molar-refractivity contribution in [3.8, 4) is 0 Å². The predicted molar refractivity (Wildman–Crippen MR) is 70.4 cm³/mol. The Kier molecular flexibility index (Phi) is 6.16. The second-order valence-corrected chi connectivity index (χ2v) is 3.98. The lowest BCUT2D eigenvalue weighted by Gasteiger charge is -2.20. The van der Waals surface area contributed by atoms with Gasteiger partial charge in [-0.3, -0.25) is 20.9 Å². The maximum absolute atomic E-state index is 10.9. The van der Waals surface area contributed by atoms with E-state index in [1.165, 1.54) is 12.1 Å². The molecule has 0 heterocycles. The molecular weight excluding hydrogens is 252 g/mol. The number of aliphatic hydroxyl groups is 2. The molecule has 8 nitrogen and oxygen atoms in total. The topological polar surface area (TPSA) is 125 Å². The zero-order valence-electron chi connectivity index (χ0n) is 10.5. The van der Waals surface area contributed by atoms with Gasteiger partial charge in [-0.15, -0.1) is 0 Å². The van der Waals surface area contributed by atoms with Gasteiger partial charge in [0.1, 0.15) is 5.69 Å². The molecule has 0 amide bonds. The minimum atomic E-state index is -0.513. The molecule has 0 saturated heterocycles. The van der Waals surface area contributed by atoms with Crippen molar-refractivity contribution in [2.45, 2.75) is 6.54 Å². The summed E-state index contributed by atoms with van der Waals surface area (Å²) >= 11 is 0. The molecule has 5 N–H and O–H groups in total. The van der Waals surface area contributed by atoms with Crippen molar-refractivity contribution < 1.29 is 15.1 Å². The Morgan fingerprint density at radius 2 is 1.95 bits per heavy atom. The Hall–Kier alpha value is -1.74. The molecule has 19 heavy (non-hydrogen) atoms. The Morgan fingerprint density at radius 1 is 1.32 bits per heavy atom. The number of benzene rings is 1. The van der Waals surface area contributed by atoms with Crippen molar-refractivity contribution in [1.82, 2.24) is 4.90 Å². The molecule has 0 unspecified atom stereocenters. The van der Waals surface area contributed by atoms with Crippen LogP contribution in [0.15, 0.2) is 18.2 Å². The minimum Gasteiger partial charge on any atom is -0.395 e. The second kappa shape index (κ2) is 7.64. The molecule has 1 aromatic carbocycles. The Morgan fingerprint density at radius 3 is 2.42 bits per heavy atom. The maximum atomic E-state index is 10.9. The van der Waals surface area contributed by atoms with E-state index in [-0.39, 0.29) is 24.6 Å². The van der Waals surface area contributed by atoms with Gasteiger partial charge in [0.25, 0.3) is 5.69 Å². The molecule has 0 bridgehead atoms. The van der Waals surface area contributed by atoms with Crippen LogP contribution in [0, 0.1) is 10.1 Å². The zero-order chi connectivity index (χ0) is 14.3. The number of nitrogens with zero attached hydrogens (tertiary/aromatic N) is 2. The van der Waals surface area contributed by atoms with Gasteiger partial charge in [0, 0.05) is 25.7 Å². The van der Waals surface area contributed by atoms with E-state index in [0.29, 0.717) is 25.2 Å². The largest absolute Gasteiger partial charge is 0.395 e. The summed E-state index contributed by atoms with van der Waals surface area (Å²) < 4.78 is 0. The van der Waals surface area contributed by atoms with Crippen LogP contribution >= 0.6 is 0 Å². The number of aliphatic hydroxyl groups excluding tert-OH is 2. The highest BCUT2D eigenvalue weighted by Crippen LogP contribution is 2.25. The van der Waals surface area contributed by atoms with E-state index in [0.717, 1.165) is 0 Å². The fourth-order valence-corrected chi connectivity index (χ4v) is 1.76. The second-order valence-electron chi connectivity index (χ2n) is 3.98. The lowest BCUT2D eigenvalue weighted by atomic mass is 10.1. The van der Waals surface area contributed by atoms with E-state index in [9.17, 15) is 10.1 Å². The first-order chi connectivity index (χ1) is 9.12. The van der Waals surface area contributed by atoms with E-state index in [1.54, 1.807) is 11.0 Å². The molecule has 1 aromatic rings. The molecule has 0 atom stereocenters. The number of rotatable bonds is 8. The number of nitro groups is 1. The summed E-state index contributed by atoms with van der Waals surface area (Å²) in [5, 5.41) is 28.7. The molecule has 0 aliphatic rings. The number of nitrogen functional groups attached to an aromatic ring is 1. The average molecular weight is 270 g/mol. The maximum Gasteiger partial charge on any atom is 0.293 e. The first-order valence-electron chi connectivity index (χ1n) is 5.80. The molecule has 0 aliphatic carbocycles. The molecule has 0 aliphatic heterocycles. The van der Waals surface area contributed by atoms with Gasteiger partial charge in [-0.2, -0.15) is 0 Å². The van der Waals surface area contributed by atoms with Gasteiger partial charge >= 0.3 is 0 Å². The van der Waals surface area contributed by atoms with Crippen LogP contribution in [0.5, 0.6) is 0 Å². The third kappa shape index (κ3) is 4.45. The number of hydrogen-bond acceptors (Lipinski definition) is 7. The van der Waals surface area contributed by atoms with Crippen LogP contribution in [0.3, 0.4) is 0 Å². The zero-order valence-corrected chi connectivity index (χ0v) is 10.5. The van der Waals surface area contributed by atoms with E-state index in [2.05, 4.69) is 5.43 Å². The Labute approximate surface area is 110 Å². The van der Waals surface area contributed by atoms with Crippen LogP contribution < -0.4 is 11.3 Å². The van der Waals surface area contributed by atoms with Crippen LogP contribution in [0.1, 0.15) is 5.56 Å². The third-order valence-corrected chi connectivity index (χ3v) is 2.65. The average Bonchev–Trinajstić information content (AvgIpc) is 2.39. The van der Waals surface area contributed by atoms with Crippen molar-refractivity contribution in [3.05, 3.63) is 33.9 Å². The van der Waals surface area contributed by atoms with Gasteiger partial charge in [0.15, 0.2) is 0 Å². The Balaban J connectivity index is 2.88. The van der Waals surface area contributed by atoms with Gasteiger partial charge in [-0.1, -0.05) is 6.07 Å². The van der Waals surface area contributed by atoms with Crippen molar-refractivity contribution in [2.24, 2.45) is 5.84 Å². The normalized spacial score (nSPS) is 10.7. The highest BCUT2D eigenvalue weighted by molar-refractivity contribution is 5.61. The van der Waals surface area contributed by atoms with E-state index in [1.807, 2.05) is 0 Å². The molecule has 1 rings (SSSR count). The highest BCUT2D eigenvalue weighted by Gasteiger charge is 2.15. The summed E-state index contributed by atoms with van der Waals surface area (Å²) in [7, 11) is 0. The standard InChI is InChI=1S/C11H18N4O4/c12-13-10-2-1-9(7-11(10)15(18)19)8-14(3-5-16)4-6-17/h1-2,7,13,16-17H,3-6,8,12H2. The summed E-state index contributed by atoms with van der Waals surface area (Å²) in [6, 6.07) is 4.67. The predicted octanol–water partition coefficient (Wildman–Crippen LogP) is -0.333. The molecule has 0 radical (unpaired) electrons. The van der Waals surface area contributed by atoms with E-state index >= 15 is 0 Å². The fraction of sp³-hybridized carbons (Fsp3) is 0.455. The number of anilines is 1. The van der Waals surface area contributed by atoms with E-state index < -0.39 is 4.92 Å². The van der Waals surface area contributed by atoms with Crippen molar-refractivity contribution >= 4 is 11.4 Å². The molecule has 0 aromatic heterocycles. The first kappa shape index (κ1) is 15.3. The van der Waals surface area contributed by atoms with E-state index in [4.69, 9.17) is 16.1 Å². The molecule has 0 fully saturated rings.